The third-order valence-electron chi connectivity index (χ3n) is 20.4. The van der Waals surface area contributed by atoms with Crippen molar-refractivity contribution in [3.05, 3.63) is 203 Å². The molecular weight excluding hydrogens is 921 g/mol. The molecule has 6 aliphatic rings. The van der Waals surface area contributed by atoms with Crippen LogP contribution in [0.3, 0.4) is 0 Å². The van der Waals surface area contributed by atoms with Crippen molar-refractivity contribution in [1.82, 2.24) is 0 Å². The molecule has 1 saturated carbocycles. The van der Waals surface area contributed by atoms with Crippen molar-refractivity contribution in [2.45, 2.75) is 102 Å². The Balaban J connectivity index is 0.890. The molecule has 1 fully saturated rings. The van der Waals surface area contributed by atoms with E-state index in [0.29, 0.717) is 0 Å². The summed E-state index contributed by atoms with van der Waals surface area (Å²) in [5, 5.41) is 11.9. The summed E-state index contributed by atoms with van der Waals surface area (Å²) in [6, 6.07) is 67.8. The van der Waals surface area contributed by atoms with Gasteiger partial charge in [-0.3, -0.25) is 0 Å². The van der Waals surface area contributed by atoms with Crippen LogP contribution < -0.4 is 20.7 Å². The molecule has 0 nitrogen and oxygen atoms in total. The average Bonchev–Trinajstić information content (AvgIpc) is 4.15. The molecule has 0 amide bonds. The van der Waals surface area contributed by atoms with E-state index < -0.39 is 16.1 Å². The molecule has 2 aliphatic heterocycles. The maximum atomic E-state index is 2.75. The minimum Gasteiger partial charge on any atom is -0.0623 e. The molecule has 10 aromatic carbocycles. The van der Waals surface area contributed by atoms with Gasteiger partial charge in [0.1, 0.15) is 16.1 Å². The molecular formula is C72H62Si2. The Labute approximate surface area is 439 Å². The van der Waals surface area contributed by atoms with E-state index >= 15 is 0 Å². The molecule has 0 N–H and O–H groups in total. The zero-order valence-corrected chi connectivity index (χ0v) is 46.2. The molecule has 1 spiro atoms. The lowest BCUT2D eigenvalue weighted by Crippen LogP contribution is -2.50. The van der Waals surface area contributed by atoms with Gasteiger partial charge in [-0.2, -0.15) is 0 Å². The summed E-state index contributed by atoms with van der Waals surface area (Å²) in [5.74, 6) is 0. The van der Waals surface area contributed by atoms with E-state index in [-0.39, 0.29) is 16.2 Å². The highest BCUT2D eigenvalue weighted by Crippen LogP contribution is 2.64. The topological polar surface area (TPSA) is 0 Å². The van der Waals surface area contributed by atoms with Crippen LogP contribution in [0.2, 0.25) is 26.2 Å². The van der Waals surface area contributed by atoms with E-state index in [1.165, 1.54) is 154 Å². The molecule has 4 aliphatic carbocycles. The van der Waals surface area contributed by atoms with Crippen LogP contribution in [0.1, 0.15) is 93.2 Å². The molecule has 2 heterocycles. The van der Waals surface area contributed by atoms with Crippen LogP contribution >= 0.6 is 0 Å². The molecule has 10 aromatic rings. The van der Waals surface area contributed by atoms with Crippen LogP contribution in [-0.4, -0.2) is 16.1 Å². The van der Waals surface area contributed by atoms with Crippen LogP contribution in [-0.2, 0) is 16.2 Å². The lowest BCUT2D eigenvalue weighted by Gasteiger charge is -2.36. The third kappa shape index (κ3) is 5.20. The van der Waals surface area contributed by atoms with Gasteiger partial charge in [0.15, 0.2) is 0 Å². The summed E-state index contributed by atoms with van der Waals surface area (Å²) >= 11 is 0. The molecule has 358 valence electrons. The molecule has 0 bridgehead atoms. The summed E-state index contributed by atoms with van der Waals surface area (Å²) < 4.78 is 0. The monoisotopic (exact) mass is 982 g/mol. The second-order valence-corrected chi connectivity index (χ2v) is 33.9. The number of benzene rings is 10. The fraction of sp³-hybridized carbons (Fsp3) is 0.222. The summed E-state index contributed by atoms with van der Waals surface area (Å²) in [6.45, 7) is 20.4. The first-order chi connectivity index (χ1) is 35.7. The van der Waals surface area contributed by atoms with Gasteiger partial charge < -0.3 is 0 Å². The van der Waals surface area contributed by atoms with Gasteiger partial charge in [0, 0.05) is 16.2 Å². The normalized spacial score (nSPS) is 18.3. The Morgan fingerprint density at radius 1 is 0.297 bits per heavy atom. The molecule has 0 radical (unpaired) electrons. The Morgan fingerprint density at radius 2 is 0.635 bits per heavy atom. The third-order valence-corrected chi connectivity index (χ3v) is 27.5. The van der Waals surface area contributed by atoms with E-state index in [0.717, 1.165) is 0 Å². The van der Waals surface area contributed by atoms with E-state index in [2.05, 4.69) is 224 Å². The van der Waals surface area contributed by atoms with Gasteiger partial charge in [0.25, 0.3) is 0 Å². The summed E-state index contributed by atoms with van der Waals surface area (Å²) in [5.41, 5.74) is 28.9. The fourth-order valence-electron chi connectivity index (χ4n) is 16.9. The number of rotatable bonds is 2. The minimum absolute atomic E-state index is 0.0100. The first kappa shape index (κ1) is 43.5. The first-order valence-electron chi connectivity index (χ1n) is 27.7. The van der Waals surface area contributed by atoms with Gasteiger partial charge in [-0.05, 0) is 203 Å². The van der Waals surface area contributed by atoms with Crippen molar-refractivity contribution in [3.63, 3.8) is 0 Å². The van der Waals surface area contributed by atoms with Crippen LogP contribution in [0, 0.1) is 0 Å². The van der Waals surface area contributed by atoms with Gasteiger partial charge in [0.05, 0.1) is 0 Å². The van der Waals surface area contributed by atoms with Crippen LogP contribution in [0.5, 0.6) is 0 Å². The Morgan fingerprint density at radius 3 is 1.07 bits per heavy atom. The van der Waals surface area contributed by atoms with Crippen LogP contribution in [0.15, 0.2) is 170 Å². The Kier molecular flexibility index (Phi) is 8.41. The van der Waals surface area contributed by atoms with Crippen molar-refractivity contribution in [1.29, 1.82) is 0 Å². The molecule has 0 saturated heterocycles. The van der Waals surface area contributed by atoms with E-state index in [4.69, 9.17) is 0 Å². The van der Waals surface area contributed by atoms with Crippen molar-refractivity contribution in [2.24, 2.45) is 0 Å². The largest absolute Gasteiger partial charge is 0.114 e. The molecule has 0 aromatic heterocycles. The van der Waals surface area contributed by atoms with Gasteiger partial charge in [0.2, 0.25) is 0 Å². The van der Waals surface area contributed by atoms with Crippen LogP contribution in [0.25, 0.3) is 99.4 Å². The summed E-state index contributed by atoms with van der Waals surface area (Å²) in [4.78, 5) is 0. The molecule has 74 heavy (non-hydrogen) atoms. The summed E-state index contributed by atoms with van der Waals surface area (Å²) in [7, 11) is -3.96. The van der Waals surface area contributed by atoms with E-state index in [9.17, 15) is 0 Å². The zero-order valence-electron chi connectivity index (χ0n) is 44.2. The Bertz CT molecular complexity index is 3960. The number of fused-ring (bicyclic) bond motifs is 21. The van der Waals surface area contributed by atoms with Gasteiger partial charge in [-0.25, -0.2) is 0 Å². The first-order valence-corrected chi connectivity index (χ1v) is 33.7. The molecule has 16 rings (SSSR count). The molecule has 2 heteroatoms. The van der Waals surface area contributed by atoms with Gasteiger partial charge in [-0.15, -0.1) is 0 Å². The van der Waals surface area contributed by atoms with Gasteiger partial charge >= 0.3 is 0 Å². The quantitative estimate of drug-likeness (QED) is 0.151. The predicted octanol–water partition coefficient (Wildman–Crippen LogP) is 16.8. The zero-order chi connectivity index (χ0) is 50.0. The smallest absolute Gasteiger partial charge is 0.0623 e. The predicted molar refractivity (Wildman–Crippen MR) is 321 cm³/mol. The van der Waals surface area contributed by atoms with Crippen LogP contribution in [0.4, 0.5) is 0 Å². The maximum absolute atomic E-state index is 2.75. The molecule has 0 atom stereocenters. The summed E-state index contributed by atoms with van der Waals surface area (Å²) in [6.07, 6.45) is 6.27. The highest BCUT2D eigenvalue weighted by molar-refractivity contribution is 7.05. The van der Waals surface area contributed by atoms with Gasteiger partial charge in [-0.1, -0.05) is 207 Å². The van der Waals surface area contributed by atoms with Crippen molar-refractivity contribution >= 4 is 58.4 Å². The fourth-order valence-corrected chi connectivity index (χ4v) is 23.8. The number of hydrogen-bond acceptors (Lipinski definition) is 0. The highest BCUT2D eigenvalue weighted by atomic mass is 28.3. The highest BCUT2D eigenvalue weighted by Gasteiger charge is 2.50. The second kappa shape index (κ2) is 14.3. The SMILES string of the molecule is CC1(C)c2cc3c(cc2-c2c1cc(-c1cccc4c1[Si](C)(C)c1ccccc1-4)c1ccccc21)C1(CCCCC1)c1cc2c(cc1-3)C(C)(C)c1cc(-c3cccc4c3[Si](C)(C)c3ccccc3-4)c3ccccc3c1-2. The Hall–Kier alpha value is -6.85. The standard InChI is InChI=1S/C72H62Si2/c1-70(2)58-38-54-55-39-59-57(67-47-27-13-11-23-43(47)53(37-63(67)71(59,3)4)51-31-21-29-49-45-25-15-17-33-65(45)74(7,8)69(49)51)41-61(55)72(34-18-9-19-35-72)60(54)40-56(58)66-46-26-12-10-22-42(46)52(36-62(66)70)50-30-20-28-48-44-24-14-16-32-64(44)73(5,6)68(48)50/h10-17,20-33,36-41H,9,18-19,34-35H2,1-8H3. The average molecular weight is 983 g/mol. The number of hydrogen-bond donors (Lipinski definition) is 0. The van der Waals surface area contributed by atoms with Crippen molar-refractivity contribution in [3.8, 4) is 77.9 Å². The lowest BCUT2D eigenvalue weighted by molar-refractivity contribution is 0.353. The van der Waals surface area contributed by atoms with E-state index in [1.54, 1.807) is 31.9 Å². The lowest BCUT2D eigenvalue weighted by atomic mass is 9.67. The maximum Gasteiger partial charge on any atom is 0.114 e. The minimum atomic E-state index is -1.98. The van der Waals surface area contributed by atoms with Crippen molar-refractivity contribution < 1.29 is 0 Å². The molecule has 0 unspecified atom stereocenters. The second-order valence-electron chi connectivity index (χ2n) is 25.4. The van der Waals surface area contributed by atoms with Crippen molar-refractivity contribution in [2.75, 3.05) is 0 Å². The van der Waals surface area contributed by atoms with E-state index in [1.807, 2.05) is 0 Å².